The summed E-state index contributed by atoms with van der Waals surface area (Å²) in [6.07, 6.45) is 0. The number of nitrogens with zero attached hydrogens (tertiary/aromatic N) is 1. The van der Waals surface area contributed by atoms with E-state index in [9.17, 15) is 9.59 Å². The Hall–Kier alpha value is -2.32. The van der Waals surface area contributed by atoms with Crippen molar-refractivity contribution in [1.82, 2.24) is 10.2 Å². The molecule has 5 heteroatoms. The summed E-state index contributed by atoms with van der Waals surface area (Å²) in [6, 6.07) is 6.81. The van der Waals surface area contributed by atoms with Gasteiger partial charge >= 0.3 is 0 Å². The number of rotatable bonds is 3. The number of hydrogen-bond donors (Lipinski definition) is 2. The van der Waals surface area contributed by atoms with Crippen LogP contribution in [0.4, 0.5) is 0 Å². The minimum absolute atomic E-state index is 0.0133. The van der Waals surface area contributed by atoms with Crippen LogP contribution in [0.5, 0.6) is 0 Å². The lowest BCUT2D eigenvalue weighted by atomic mass is 10.1. The molecule has 1 rings (SSSR count). The van der Waals surface area contributed by atoms with E-state index in [0.717, 1.165) is 5.56 Å². The van der Waals surface area contributed by atoms with Gasteiger partial charge in [0.2, 0.25) is 5.91 Å². The molecule has 2 amide bonds. The molecule has 0 saturated carbocycles. The molecule has 0 radical (unpaired) electrons. The minimum Gasteiger partial charge on any atom is -0.347 e. The molecule has 0 heterocycles. The van der Waals surface area contributed by atoms with Gasteiger partial charge < -0.3 is 16.0 Å². The van der Waals surface area contributed by atoms with Gasteiger partial charge in [-0.15, -0.1) is 0 Å². The number of hydrogen-bond acceptors (Lipinski definition) is 3. The summed E-state index contributed by atoms with van der Waals surface area (Å²) in [7, 11) is 3.28. The Labute approximate surface area is 112 Å². The van der Waals surface area contributed by atoms with Gasteiger partial charge in [0.15, 0.2) is 0 Å². The number of amides is 2. The molecule has 0 bridgehead atoms. The van der Waals surface area contributed by atoms with Gasteiger partial charge in [0.25, 0.3) is 5.91 Å². The summed E-state index contributed by atoms with van der Waals surface area (Å²) in [5.74, 6) is 5.16. The summed E-state index contributed by atoms with van der Waals surface area (Å²) < 4.78 is 0. The van der Waals surface area contributed by atoms with E-state index in [1.807, 2.05) is 0 Å². The monoisotopic (exact) mass is 259 g/mol. The molecule has 0 aliphatic heterocycles. The third-order valence-corrected chi connectivity index (χ3v) is 2.38. The molecule has 0 saturated heterocycles. The van der Waals surface area contributed by atoms with Crippen LogP contribution in [-0.2, 0) is 4.79 Å². The van der Waals surface area contributed by atoms with Gasteiger partial charge in [0.1, 0.15) is 0 Å². The molecule has 3 N–H and O–H groups in total. The smallest absolute Gasteiger partial charge is 0.251 e. The number of carbonyl (C=O) groups excluding carboxylic acids is 2. The lowest BCUT2D eigenvalue weighted by Gasteiger charge is -2.10. The Kier molecular flexibility index (Phi) is 5.58. The summed E-state index contributed by atoms with van der Waals surface area (Å²) in [6.45, 7) is 0.287. The Balaban J connectivity index is 2.60. The fraction of sp³-hybridized carbons (Fsp3) is 0.286. The molecule has 0 spiro atoms. The van der Waals surface area contributed by atoms with E-state index in [0.29, 0.717) is 12.1 Å². The summed E-state index contributed by atoms with van der Waals surface area (Å²) in [5, 5.41) is 2.56. The molecule has 100 valence electrons. The van der Waals surface area contributed by atoms with Crippen molar-refractivity contribution < 1.29 is 9.59 Å². The van der Waals surface area contributed by atoms with Crippen molar-refractivity contribution in [2.24, 2.45) is 5.73 Å². The van der Waals surface area contributed by atoms with Crippen LogP contribution in [0.25, 0.3) is 0 Å². The van der Waals surface area contributed by atoms with Crippen molar-refractivity contribution >= 4 is 11.8 Å². The predicted molar refractivity (Wildman–Crippen MR) is 73.4 cm³/mol. The highest BCUT2D eigenvalue weighted by molar-refractivity contribution is 5.96. The first kappa shape index (κ1) is 14.7. The van der Waals surface area contributed by atoms with E-state index in [4.69, 9.17) is 5.73 Å². The average molecular weight is 259 g/mol. The molecule has 0 atom stereocenters. The van der Waals surface area contributed by atoms with Crippen molar-refractivity contribution in [3.8, 4) is 11.8 Å². The number of likely N-dealkylation sites (N-methyl/N-ethyl adjacent to an activating group) is 1. The fourth-order valence-electron chi connectivity index (χ4n) is 1.27. The van der Waals surface area contributed by atoms with Crippen LogP contribution in [0.1, 0.15) is 15.9 Å². The van der Waals surface area contributed by atoms with E-state index in [1.54, 1.807) is 38.4 Å². The van der Waals surface area contributed by atoms with Crippen molar-refractivity contribution in [2.45, 2.75) is 0 Å². The van der Waals surface area contributed by atoms with Crippen LogP contribution in [0.3, 0.4) is 0 Å². The number of nitrogens with two attached hydrogens (primary N) is 1. The number of carbonyl (C=O) groups is 2. The molecule has 0 aliphatic rings. The molecule has 0 fully saturated rings. The van der Waals surface area contributed by atoms with Crippen molar-refractivity contribution in [2.75, 3.05) is 27.2 Å². The van der Waals surface area contributed by atoms with Gasteiger partial charge in [-0.1, -0.05) is 11.8 Å². The van der Waals surface area contributed by atoms with Gasteiger partial charge in [-0.2, -0.15) is 0 Å². The maximum Gasteiger partial charge on any atom is 0.251 e. The van der Waals surface area contributed by atoms with Gasteiger partial charge in [-0.3, -0.25) is 9.59 Å². The first-order valence-electron chi connectivity index (χ1n) is 5.82. The maximum absolute atomic E-state index is 11.8. The maximum atomic E-state index is 11.8. The van der Waals surface area contributed by atoms with Crippen molar-refractivity contribution in [3.05, 3.63) is 35.4 Å². The topological polar surface area (TPSA) is 75.4 Å². The Morgan fingerprint density at radius 1 is 1.26 bits per heavy atom. The Morgan fingerprint density at radius 3 is 2.42 bits per heavy atom. The highest BCUT2D eigenvalue weighted by Gasteiger charge is 2.08. The summed E-state index contributed by atoms with van der Waals surface area (Å²) in [4.78, 5) is 24.5. The van der Waals surface area contributed by atoms with Gasteiger partial charge in [0, 0.05) is 25.2 Å². The molecule has 1 aromatic carbocycles. The zero-order valence-electron chi connectivity index (χ0n) is 11.1. The first-order valence-corrected chi connectivity index (χ1v) is 5.82. The second kappa shape index (κ2) is 7.19. The normalized spacial score (nSPS) is 9.21. The van der Waals surface area contributed by atoms with Crippen LogP contribution in [0, 0.1) is 11.8 Å². The van der Waals surface area contributed by atoms with E-state index in [-0.39, 0.29) is 18.4 Å². The van der Waals surface area contributed by atoms with E-state index in [1.165, 1.54) is 4.90 Å². The van der Waals surface area contributed by atoms with E-state index in [2.05, 4.69) is 17.2 Å². The highest BCUT2D eigenvalue weighted by atomic mass is 16.2. The van der Waals surface area contributed by atoms with E-state index < -0.39 is 0 Å². The average Bonchev–Trinajstić information content (AvgIpc) is 2.42. The first-order chi connectivity index (χ1) is 9.04. The lowest BCUT2D eigenvalue weighted by Crippen LogP contribution is -2.36. The van der Waals surface area contributed by atoms with Gasteiger partial charge in [0.05, 0.1) is 13.1 Å². The van der Waals surface area contributed by atoms with Gasteiger partial charge in [-0.25, -0.2) is 0 Å². The van der Waals surface area contributed by atoms with Crippen LogP contribution < -0.4 is 11.1 Å². The molecule has 0 aliphatic carbocycles. The van der Waals surface area contributed by atoms with Crippen molar-refractivity contribution in [1.29, 1.82) is 0 Å². The summed E-state index contributed by atoms with van der Waals surface area (Å²) in [5.41, 5.74) is 6.56. The Bertz CT molecular complexity index is 510. The molecular weight excluding hydrogens is 242 g/mol. The molecular formula is C14H17N3O2. The Morgan fingerprint density at radius 2 is 1.89 bits per heavy atom. The quantitative estimate of drug-likeness (QED) is 0.739. The third-order valence-electron chi connectivity index (χ3n) is 2.38. The molecule has 1 aromatic rings. The SMILES string of the molecule is CN(C)C(=O)CNC(=O)c1ccc(C#CCN)cc1. The molecule has 0 aromatic heterocycles. The second-order valence-corrected chi connectivity index (χ2v) is 4.05. The van der Waals surface area contributed by atoms with Crippen LogP contribution in [0.2, 0.25) is 0 Å². The lowest BCUT2D eigenvalue weighted by molar-refractivity contribution is -0.127. The summed E-state index contributed by atoms with van der Waals surface area (Å²) >= 11 is 0. The van der Waals surface area contributed by atoms with Crippen molar-refractivity contribution in [3.63, 3.8) is 0 Å². The largest absolute Gasteiger partial charge is 0.347 e. The molecule has 5 nitrogen and oxygen atoms in total. The molecule has 0 unspecified atom stereocenters. The standard InChI is InChI=1S/C14H17N3O2/c1-17(2)13(18)10-16-14(19)12-7-5-11(6-8-12)4-3-9-15/h5-8H,9-10,15H2,1-2H3,(H,16,19). The number of benzene rings is 1. The highest BCUT2D eigenvalue weighted by Crippen LogP contribution is 2.03. The minimum atomic E-state index is -0.284. The van der Waals surface area contributed by atoms with E-state index >= 15 is 0 Å². The van der Waals surface area contributed by atoms with Crippen LogP contribution >= 0.6 is 0 Å². The van der Waals surface area contributed by atoms with Gasteiger partial charge in [-0.05, 0) is 24.3 Å². The second-order valence-electron chi connectivity index (χ2n) is 4.05. The molecule has 19 heavy (non-hydrogen) atoms. The predicted octanol–water partition coefficient (Wildman–Crippen LogP) is -0.185. The van der Waals surface area contributed by atoms with Crippen LogP contribution in [0.15, 0.2) is 24.3 Å². The third kappa shape index (κ3) is 4.82. The van der Waals surface area contributed by atoms with Crippen LogP contribution in [-0.4, -0.2) is 43.9 Å². The zero-order valence-corrected chi connectivity index (χ0v) is 11.1. The zero-order chi connectivity index (χ0) is 14.3. The number of nitrogens with one attached hydrogen (secondary N) is 1. The fourth-order valence-corrected chi connectivity index (χ4v) is 1.27.